The van der Waals surface area contributed by atoms with Crippen LogP contribution in [0.4, 0.5) is 14.5 Å². The van der Waals surface area contributed by atoms with E-state index in [-0.39, 0.29) is 10.6 Å². The predicted molar refractivity (Wildman–Crippen MR) is 70.1 cm³/mol. The van der Waals surface area contributed by atoms with Gasteiger partial charge in [0.15, 0.2) is 0 Å². The fraction of sp³-hybridized carbons (Fsp3) is 0. The zero-order valence-electron chi connectivity index (χ0n) is 9.00. The fourth-order valence-corrected chi connectivity index (χ4v) is 1.66. The van der Waals surface area contributed by atoms with Gasteiger partial charge in [-0.1, -0.05) is 23.2 Å². The summed E-state index contributed by atoms with van der Waals surface area (Å²) < 4.78 is 26.6. The first-order valence-electron chi connectivity index (χ1n) is 5.01. The van der Waals surface area contributed by atoms with E-state index >= 15 is 0 Å². The first kappa shape index (κ1) is 13.0. The lowest BCUT2D eigenvalue weighted by Gasteiger charge is -2.01. The first-order chi connectivity index (χ1) is 8.58. The molecule has 0 atom stereocenters. The third-order valence-corrected chi connectivity index (χ3v) is 2.88. The van der Waals surface area contributed by atoms with Crippen molar-refractivity contribution in [2.45, 2.75) is 0 Å². The lowest BCUT2D eigenvalue weighted by Crippen LogP contribution is -1.92. The Hall–Kier alpha value is -1.45. The van der Waals surface area contributed by atoms with Gasteiger partial charge in [-0.25, -0.2) is 8.78 Å². The number of hydrogen-bond donors (Lipinski definition) is 0. The Labute approximate surface area is 113 Å². The Balaban J connectivity index is 2.34. The van der Waals surface area contributed by atoms with E-state index in [1.165, 1.54) is 6.21 Å². The molecule has 0 aliphatic carbocycles. The van der Waals surface area contributed by atoms with Crippen molar-refractivity contribution in [3.05, 3.63) is 63.6 Å². The molecule has 92 valence electrons. The van der Waals surface area contributed by atoms with E-state index < -0.39 is 11.6 Å². The predicted octanol–water partition coefficient (Wildman–Crippen LogP) is 5.02. The second-order valence-corrected chi connectivity index (χ2v) is 4.31. The molecule has 0 aromatic heterocycles. The molecule has 2 aromatic carbocycles. The highest BCUT2D eigenvalue weighted by Crippen LogP contribution is 2.22. The molecule has 0 fully saturated rings. The maximum Gasteiger partial charge on any atom is 0.142 e. The van der Waals surface area contributed by atoms with Crippen molar-refractivity contribution in [1.82, 2.24) is 0 Å². The first-order valence-corrected chi connectivity index (χ1v) is 5.76. The average Bonchev–Trinajstić information content (AvgIpc) is 2.36. The zero-order chi connectivity index (χ0) is 13.1. The summed E-state index contributed by atoms with van der Waals surface area (Å²) in [5.41, 5.74) is 0.491. The summed E-state index contributed by atoms with van der Waals surface area (Å²) >= 11 is 11.4. The van der Waals surface area contributed by atoms with Gasteiger partial charge in [0.2, 0.25) is 0 Å². The van der Waals surface area contributed by atoms with E-state index in [1.54, 1.807) is 24.3 Å². The van der Waals surface area contributed by atoms with Gasteiger partial charge >= 0.3 is 0 Å². The standard InChI is InChI=1S/C13H7Cl2F2N/c14-8-1-3-9(4-2-8)18-7-10-11(16)5-6-12(17)13(10)15/h1-7H/b18-7+. The zero-order valence-corrected chi connectivity index (χ0v) is 10.5. The Morgan fingerprint density at radius 2 is 1.50 bits per heavy atom. The number of hydrogen-bond acceptors (Lipinski definition) is 1. The summed E-state index contributed by atoms with van der Waals surface area (Å²) in [6.07, 6.45) is 1.18. The molecule has 0 bridgehead atoms. The van der Waals surface area contributed by atoms with Crippen LogP contribution in [-0.2, 0) is 0 Å². The Morgan fingerprint density at radius 3 is 2.17 bits per heavy atom. The molecule has 0 saturated heterocycles. The van der Waals surface area contributed by atoms with Crippen LogP contribution >= 0.6 is 23.2 Å². The van der Waals surface area contributed by atoms with Crippen molar-refractivity contribution < 1.29 is 8.78 Å². The molecule has 2 aromatic rings. The second-order valence-electron chi connectivity index (χ2n) is 3.49. The van der Waals surface area contributed by atoms with Crippen molar-refractivity contribution in [1.29, 1.82) is 0 Å². The minimum Gasteiger partial charge on any atom is -0.256 e. The molecule has 2 rings (SSSR count). The third-order valence-electron chi connectivity index (χ3n) is 2.25. The van der Waals surface area contributed by atoms with Crippen molar-refractivity contribution in [3.63, 3.8) is 0 Å². The minimum atomic E-state index is -0.685. The summed E-state index contributed by atoms with van der Waals surface area (Å²) in [6.45, 7) is 0. The number of halogens is 4. The third kappa shape index (κ3) is 2.86. The fourth-order valence-electron chi connectivity index (χ4n) is 1.33. The van der Waals surface area contributed by atoms with E-state index in [2.05, 4.69) is 4.99 Å². The van der Waals surface area contributed by atoms with Crippen molar-refractivity contribution >= 4 is 35.1 Å². The average molecular weight is 286 g/mol. The maximum absolute atomic E-state index is 13.4. The smallest absolute Gasteiger partial charge is 0.142 e. The monoisotopic (exact) mass is 285 g/mol. The van der Waals surface area contributed by atoms with Crippen LogP contribution in [0, 0.1) is 11.6 Å². The molecular formula is C13H7Cl2F2N. The van der Waals surface area contributed by atoms with Crippen LogP contribution in [0.25, 0.3) is 0 Å². The molecule has 5 heteroatoms. The molecule has 18 heavy (non-hydrogen) atoms. The summed E-state index contributed by atoms with van der Waals surface area (Å²) in [4.78, 5) is 4.01. The van der Waals surface area contributed by atoms with Crippen molar-refractivity contribution in [3.8, 4) is 0 Å². The number of nitrogens with zero attached hydrogens (tertiary/aromatic N) is 1. The van der Waals surface area contributed by atoms with Gasteiger partial charge in [0, 0.05) is 11.2 Å². The summed E-state index contributed by atoms with van der Waals surface area (Å²) in [6, 6.07) is 8.59. The highest BCUT2D eigenvalue weighted by molar-refractivity contribution is 6.33. The Kier molecular flexibility index (Phi) is 3.94. The summed E-state index contributed by atoms with van der Waals surface area (Å²) in [5.74, 6) is -1.31. The van der Waals surface area contributed by atoms with Gasteiger partial charge in [0.25, 0.3) is 0 Å². The number of rotatable bonds is 2. The highest BCUT2D eigenvalue weighted by Gasteiger charge is 2.09. The van der Waals surface area contributed by atoms with E-state index in [4.69, 9.17) is 23.2 Å². The van der Waals surface area contributed by atoms with Gasteiger partial charge in [-0.05, 0) is 36.4 Å². The second kappa shape index (κ2) is 5.46. The van der Waals surface area contributed by atoms with Crippen molar-refractivity contribution in [2.24, 2.45) is 4.99 Å². The maximum atomic E-state index is 13.4. The van der Waals surface area contributed by atoms with Gasteiger partial charge < -0.3 is 0 Å². The van der Waals surface area contributed by atoms with E-state index in [0.29, 0.717) is 10.7 Å². The largest absolute Gasteiger partial charge is 0.256 e. The Bertz CT molecular complexity index is 595. The minimum absolute atomic E-state index is 0.0772. The molecule has 0 aliphatic rings. The molecule has 0 N–H and O–H groups in total. The highest BCUT2D eigenvalue weighted by atomic mass is 35.5. The molecule has 0 spiro atoms. The van der Waals surface area contributed by atoms with Crippen LogP contribution in [-0.4, -0.2) is 6.21 Å². The van der Waals surface area contributed by atoms with E-state index in [9.17, 15) is 8.78 Å². The lowest BCUT2D eigenvalue weighted by atomic mass is 10.2. The lowest BCUT2D eigenvalue weighted by molar-refractivity contribution is 0.599. The van der Waals surface area contributed by atoms with Gasteiger partial charge in [-0.3, -0.25) is 4.99 Å². The molecule has 0 heterocycles. The summed E-state index contributed by atoms with van der Waals surface area (Å²) in [7, 11) is 0. The van der Waals surface area contributed by atoms with Crippen LogP contribution in [0.15, 0.2) is 41.4 Å². The number of aliphatic imine (C=N–C) groups is 1. The van der Waals surface area contributed by atoms with Crippen LogP contribution in [0.1, 0.15) is 5.56 Å². The quantitative estimate of drug-likeness (QED) is 0.543. The molecule has 0 amide bonds. The van der Waals surface area contributed by atoms with Gasteiger partial charge in [-0.15, -0.1) is 0 Å². The summed E-state index contributed by atoms with van der Waals surface area (Å²) in [5, 5.41) is 0.289. The molecule has 0 saturated carbocycles. The molecule has 0 unspecified atom stereocenters. The van der Waals surface area contributed by atoms with Gasteiger partial charge in [-0.2, -0.15) is 0 Å². The van der Waals surface area contributed by atoms with Gasteiger partial charge in [0.05, 0.1) is 16.3 Å². The SMILES string of the molecule is Fc1ccc(F)c(/C=N/c2ccc(Cl)cc2)c1Cl. The van der Waals surface area contributed by atoms with Crippen LogP contribution in [0.5, 0.6) is 0 Å². The topological polar surface area (TPSA) is 12.4 Å². The van der Waals surface area contributed by atoms with Crippen LogP contribution in [0.3, 0.4) is 0 Å². The normalized spacial score (nSPS) is 11.1. The van der Waals surface area contributed by atoms with E-state index in [1.807, 2.05) is 0 Å². The molecule has 0 radical (unpaired) electrons. The number of benzene rings is 2. The van der Waals surface area contributed by atoms with Gasteiger partial charge in [0.1, 0.15) is 11.6 Å². The Morgan fingerprint density at radius 1 is 0.889 bits per heavy atom. The van der Waals surface area contributed by atoms with E-state index in [0.717, 1.165) is 12.1 Å². The van der Waals surface area contributed by atoms with Crippen LogP contribution < -0.4 is 0 Å². The molecule has 0 aliphatic heterocycles. The van der Waals surface area contributed by atoms with Crippen molar-refractivity contribution in [2.75, 3.05) is 0 Å². The molecule has 1 nitrogen and oxygen atoms in total. The molecular weight excluding hydrogens is 279 g/mol. The van der Waals surface area contributed by atoms with Crippen LogP contribution in [0.2, 0.25) is 10.0 Å².